The lowest BCUT2D eigenvalue weighted by Gasteiger charge is -2.20. The van der Waals surface area contributed by atoms with Crippen LogP contribution >= 0.6 is 0 Å². The minimum absolute atomic E-state index is 0.250. The molecule has 0 aliphatic heterocycles. The minimum atomic E-state index is -0.250. The Bertz CT molecular complexity index is 381. The van der Waals surface area contributed by atoms with E-state index in [-0.39, 0.29) is 17.1 Å². The van der Waals surface area contributed by atoms with Gasteiger partial charge in [-0.15, -0.1) is 5.10 Å². The number of nitrogens with zero attached hydrogens (tertiary/aromatic N) is 3. The van der Waals surface area contributed by atoms with Gasteiger partial charge in [0.05, 0.1) is 19.2 Å². The van der Waals surface area contributed by atoms with Gasteiger partial charge in [0.2, 0.25) is 5.88 Å². The summed E-state index contributed by atoms with van der Waals surface area (Å²) in [5.41, 5.74) is 5.81. The molecule has 5 nitrogen and oxygen atoms in total. The van der Waals surface area contributed by atoms with Gasteiger partial charge in [0.15, 0.2) is 0 Å². The summed E-state index contributed by atoms with van der Waals surface area (Å²) in [5.74, 6) is 0.636. The minimum Gasteiger partial charge on any atom is -0.488 e. The van der Waals surface area contributed by atoms with E-state index < -0.39 is 0 Å². The Morgan fingerprint density at radius 1 is 1.50 bits per heavy atom. The highest BCUT2D eigenvalue weighted by Crippen LogP contribution is 2.35. The lowest BCUT2D eigenvalue weighted by molar-refractivity contribution is 0.333. The van der Waals surface area contributed by atoms with Crippen LogP contribution in [0.5, 0.6) is 5.88 Å². The maximum atomic E-state index is 6.96. The van der Waals surface area contributed by atoms with Gasteiger partial charge >= 0.3 is 0 Å². The van der Waals surface area contributed by atoms with E-state index >= 15 is 0 Å². The molecule has 2 N–H and O–H groups in total. The Labute approximate surface area is 83.3 Å². The number of nitrogen functional groups attached to an aromatic ring is 1. The van der Waals surface area contributed by atoms with Gasteiger partial charge in [0.1, 0.15) is 5.82 Å². The van der Waals surface area contributed by atoms with Crippen LogP contribution in [-0.2, 0) is 5.54 Å². The van der Waals surface area contributed by atoms with Crippen LogP contribution in [0.2, 0.25) is 0 Å². The van der Waals surface area contributed by atoms with Crippen LogP contribution in [0.15, 0.2) is 0 Å². The van der Waals surface area contributed by atoms with Crippen molar-refractivity contribution in [2.75, 3.05) is 12.8 Å². The van der Waals surface area contributed by atoms with E-state index in [2.05, 4.69) is 9.94 Å². The largest absolute Gasteiger partial charge is 0.488 e. The average molecular weight is 194 g/mol. The third-order valence-corrected chi connectivity index (χ3v) is 1.80. The Morgan fingerprint density at radius 2 is 2.07 bits per heavy atom. The van der Waals surface area contributed by atoms with Crippen LogP contribution in [-0.4, -0.2) is 16.9 Å². The summed E-state index contributed by atoms with van der Waals surface area (Å²) in [6.45, 7) is 12.8. The number of ether oxygens (including phenoxy) is 1. The fraction of sp³-hybridized carbons (Fsp3) is 0.556. The fourth-order valence-electron chi connectivity index (χ4n) is 1.16. The third-order valence-electron chi connectivity index (χ3n) is 1.80. The van der Waals surface area contributed by atoms with Gasteiger partial charge in [-0.2, -0.15) is 0 Å². The molecule has 76 valence electrons. The topological polar surface area (TPSA) is 57.4 Å². The van der Waals surface area contributed by atoms with Crippen molar-refractivity contribution in [3.8, 4) is 5.88 Å². The predicted octanol–water partition coefficient (Wildman–Crippen LogP) is 1.78. The zero-order valence-corrected chi connectivity index (χ0v) is 8.83. The van der Waals surface area contributed by atoms with Gasteiger partial charge in [-0.25, -0.2) is 4.85 Å². The van der Waals surface area contributed by atoms with E-state index in [4.69, 9.17) is 17.0 Å². The van der Waals surface area contributed by atoms with Crippen LogP contribution in [0.4, 0.5) is 11.5 Å². The molecule has 0 amide bonds. The zero-order chi connectivity index (χ0) is 10.9. The van der Waals surface area contributed by atoms with E-state index in [0.717, 1.165) is 0 Å². The lowest BCUT2D eigenvalue weighted by atomic mass is 10.1. The molecule has 1 aromatic rings. The van der Waals surface area contributed by atoms with Gasteiger partial charge in [-0.3, -0.25) is 4.68 Å². The van der Waals surface area contributed by atoms with E-state index in [9.17, 15) is 0 Å². The second kappa shape index (κ2) is 3.22. The van der Waals surface area contributed by atoms with Gasteiger partial charge in [0, 0.05) is 0 Å². The van der Waals surface area contributed by atoms with Crippen molar-refractivity contribution >= 4 is 11.5 Å². The number of hydrogen-bond acceptors (Lipinski definition) is 3. The van der Waals surface area contributed by atoms with E-state index in [0.29, 0.717) is 5.82 Å². The summed E-state index contributed by atoms with van der Waals surface area (Å²) in [6, 6.07) is 0. The maximum Gasteiger partial charge on any atom is 0.288 e. The standard InChI is InChI=1S/C9H14N4O/c1-9(2,3)13-7(10)6(11-4)8(12-13)14-5/h10H2,1-3,5H3. The molecule has 14 heavy (non-hydrogen) atoms. The first kappa shape index (κ1) is 10.4. The molecule has 0 saturated heterocycles. The second-order valence-electron chi connectivity index (χ2n) is 3.94. The van der Waals surface area contributed by atoms with E-state index in [1.165, 1.54) is 7.11 Å². The number of aromatic nitrogens is 2. The molecule has 0 aliphatic carbocycles. The van der Waals surface area contributed by atoms with Gasteiger partial charge in [0.25, 0.3) is 5.69 Å². The normalized spacial score (nSPS) is 11.1. The van der Waals surface area contributed by atoms with Crippen LogP contribution in [0.25, 0.3) is 4.85 Å². The number of rotatable bonds is 1. The SMILES string of the molecule is [C-]#[N+]c1c(OC)nn(C(C)(C)C)c1N. The van der Waals surface area contributed by atoms with Crippen LogP contribution in [0, 0.1) is 6.57 Å². The number of methoxy groups -OCH3 is 1. The average Bonchev–Trinajstić information content (AvgIpc) is 2.40. The molecule has 1 rings (SSSR count). The molecule has 1 heterocycles. The summed E-state index contributed by atoms with van der Waals surface area (Å²) in [6.07, 6.45) is 0. The highest BCUT2D eigenvalue weighted by molar-refractivity contribution is 5.70. The third kappa shape index (κ3) is 1.51. The van der Waals surface area contributed by atoms with E-state index in [1.54, 1.807) is 4.68 Å². The van der Waals surface area contributed by atoms with Crippen LogP contribution in [0.1, 0.15) is 20.8 Å². The van der Waals surface area contributed by atoms with Gasteiger partial charge in [-0.1, -0.05) is 0 Å². The first-order valence-corrected chi connectivity index (χ1v) is 4.22. The molecule has 0 aromatic carbocycles. The molecule has 0 unspecified atom stereocenters. The highest BCUT2D eigenvalue weighted by Gasteiger charge is 2.23. The van der Waals surface area contributed by atoms with Gasteiger partial charge < -0.3 is 10.5 Å². The van der Waals surface area contributed by atoms with Crippen LogP contribution in [0.3, 0.4) is 0 Å². The van der Waals surface area contributed by atoms with Gasteiger partial charge in [-0.05, 0) is 20.8 Å². The molecule has 0 radical (unpaired) electrons. The molecule has 0 saturated carbocycles. The zero-order valence-electron chi connectivity index (χ0n) is 8.83. The Hall–Kier alpha value is -1.70. The number of nitrogens with two attached hydrogens (primary N) is 1. The van der Waals surface area contributed by atoms with Crippen molar-refractivity contribution < 1.29 is 4.74 Å². The summed E-state index contributed by atoms with van der Waals surface area (Å²) in [4.78, 5) is 3.29. The molecule has 0 bridgehead atoms. The van der Waals surface area contributed by atoms with Crippen molar-refractivity contribution in [3.63, 3.8) is 0 Å². The Kier molecular flexibility index (Phi) is 2.39. The van der Waals surface area contributed by atoms with Crippen molar-refractivity contribution in [2.24, 2.45) is 0 Å². The fourth-order valence-corrected chi connectivity index (χ4v) is 1.16. The van der Waals surface area contributed by atoms with Crippen molar-refractivity contribution in [2.45, 2.75) is 26.3 Å². The molecule has 5 heteroatoms. The van der Waals surface area contributed by atoms with Crippen LogP contribution < -0.4 is 10.5 Å². The Balaban J connectivity index is 3.37. The monoisotopic (exact) mass is 194 g/mol. The molecular weight excluding hydrogens is 180 g/mol. The molecule has 0 fully saturated rings. The first-order chi connectivity index (χ1) is 6.41. The summed E-state index contributed by atoms with van der Waals surface area (Å²) < 4.78 is 6.56. The molecule has 0 spiro atoms. The Morgan fingerprint density at radius 3 is 2.36 bits per heavy atom. The number of hydrogen-bond donors (Lipinski definition) is 1. The highest BCUT2D eigenvalue weighted by atomic mass is 16.5. The molecule has 1 aromatic heterocycles. The van der Waals surface area contributed by atoms with Crippen molar-refractivity contribution in [3.05, 3.63) is 11.4 Å². The smallest absolute Gasteiger partial charge is 0.288 e. The second-order valence-corrected chi connectivity index (χ2v) is 3.94. The molecule has 0 aliphatic rings. The number of anilines is 1. The molecular formula is C9H14N4O. The van der Waals surface area contributed by atoms with E-state index in [1.807, 2.05) is 20.8 Å². The summed E-state index contributed by atoms with van der Waals surface area (Å²) >= 11 is 0. The predicted molar refractivity (Wildman–Crippen MR) is 54.4 cm³/mol. The lowest BCUT2D eigenvalue weighted by Crippen LogP contribution is -2.24. The molecule has 0 atom stereocenters. The summed E-state index contributed by atoms with van der Waals surface area (Å²) in [7, 11) is 1.48. The maximum absolute atomic E-state index is 6.96. The quantitative estimate of drug-likeness (QED) is 0.693. The summed E-state index contributed by atoms with van der Waals surface area (Å²) in [5, 5.41) is 4.13. The van der Waals surface area contributed by atoms with Crippen molar-refractivity contribution in [1.82, 2.24) is 9.78 Å². The van der Waals surface area contributed by atoms with Crippen molar-refractivity contribution in [1.29, 1.82) is 0 Å². The first-order valence-electron chi connectivity index (χ1n) is 4.22.